The van der Waals surface area contributed by atoms with Gasteiger partial charge in [-0.3, -0.25) is 0 Å². The summed E-state index contributed by atoms with van der Waals surface area (Å²) in [6.07, 6.45) is 9.16. The third-order valence-electron chi connectivity index (χ3n) is 13.8. The van der Waals surface area contributed by atoms with E-state index in [1.165, 1.54) is 50.1 Å². The molecule has 0 N–H and O–H groups in total. The van der Waals surface area contributed by atoms with Gasteiger partial charge in [-0.2, -0.15) is 0 Å². The fourth-order valence-electron chi connectivity index (χ4n) is 10.1. The number of pyridine rings is 3. The van der Waals surface area contributed by atoms with Crippen molar-refractivity contribution in [3.8, 4) is 78.1 Å². The molecule has 12 rings (SSSR count). The molecule has 73 heavy (non-hydrogen) atoms. The summed E-state index contributed by atoms with van der Waals surface area (Å²) in [6, 6.07) is 91.0. The summed E-state index contributed by atoms with van der Waals surface area (Å²) in [6.45, 7) is 0. The van der Waals surface area contributed by atoms with Gasteiger partial charge in [0.25, 0.3) is 0 Å². The Morgan fingerprint density at radius 3 is 1.44 bits per heavy atom. The van der Waals surface area contributed by atoms with Crippen LogP contribution in [0.15, 0.2) is 243 Å². The maximum absolute atomic E-state index is 5.05. The van der Waals surface area contributed by atoms with Crippen molar-refractivity contribution >= 4 is 21.7 Å². The average Bonchev–Trinajstić information content (AvgIpc) is 3.47. The Labute approximate surface area is 441 Å². The molecule has 3 heterocycles. The summed E-state index contributed by atoms with van der Waals surface area (Å²) in [7, 11) is 0. The molecule has 348 valence electrons. The Morgan fingerprint density at radius 2 is 0.849 bits per heavy atom. The molecular weight excluding hydrogens is 1060 g/mol. The van der Waals surface area contributed by atoms with Crippen LogP contribution in [-0.4, -0.2) is 15.0 Å². The Bertz CT molecular complexity index is 3700. The van der Waals surface area contributed by atoms with E-state index in [0.717, 1.165) is 97.7 Å². The van der Waals surface area contributed by atoms with Gasteiger partial charge in [-0.05, 0) is 103 Å². The minimum atomic E-state index is 0. The molecule has 12 aromatic rings. The van der Waals surface area contributed by atoms with Gasteiger partial charge in [-0.15, -0.1) is 88.3 Å². The second-order valence-corrected chi connectivity index (χ2v) is 18.4. The second kappa shape index (κ2) is 21.5. The predicted octanol–water partition coefficient (Wildman–Crippen LogP) is 16.8. The quantitative estimate of drug-likeness (QED) is 0.0853. The number of hydrogen-bond donors (Lipinski definition) is 0. The zero-order chi connectivity index (χ0) is 48.1. The summed E-state index contributed by atoms with van der Waals surface area (Å²) >= 11 is 0. The Morgan fingerprint density at radius 1 is 0.315 bits per heavy atom. The molecule has 0 bridgehead atoms. The summed E-state index contributed by atoms with van der Waals surface area (Å²) < 4.78 is 0. The molecule has 0 atom stereocenters. The van der Waals surface area contributed by atoms with Gasteiger partial charge in [-0.1, -0.05) is 199 Å². The third kappa shape index (κ3) is 10.1. The molecule has 0 fully saturated rings. The van der Waals surface area contributed by atoms with Crippen LogP contribution >= 0.6 is 0 Å². The molecule has 0 aliphatic carbocycles. The maximum Gasteiger partial charge on any atom is 3.00 e. The zero-order valence-electron chi connectivity index (χ0n) is 40.1. The first-order valence-electron chi connectivity index (χ1n) is 24.7. The van der Waals surface area contributed by atoms with Crippen molar-refractivity contribution in [1.29, 1.82) is 0 Å². The zero-order valence-corrected chi connectivity index (χ0v) is 42.5. The van der Waals surface area contributed by atoms with E-state index in [1.54, 1.807) is 0 Å². The van der Waals surface area contributed by atoms with E-state index in [4.69, 9.17) is 4.98 Å². The van der Waals surface area contributed by atoms with Crippen LogP contribution in [0.2, 0.25) is 0 Å². The molecule has 0 aliphatic rings. The normalized spacial score (nSPS) is 11.1. The van der Waals surface area contributed by atoms with Crippen LogP contribution in [0.1, 0.15) is 22.3 Å². The summed E-state index contributed by atoms with van der Waals surface area (Å²) in [4.78, 5) is 14.1. The van der Waals surface area contributed by atoms with Crippen LogP contribution in [0, 0.1) is 18.2 Å². The minimum Gasteiger partial charge on any atom is -0.305 e. The molecule has 4 heteroatoms. The van der Waals surface area contributed by atoms with Crippen LogP contribution in [0.25, 0.3) is 99.8 Å². The first-order valence-corrected chi connectivity index (χ1v) is 24.7. The van der Waals surface area contributed by atoms with Gasteiger partial charge < -0.3 is 15.0 Å². The van der Waals surface area contributed by atoms with Crippen LogP contribution < -0.4 is 0 Å². The third-order valence-corrected chi connectivity index (χ3v) is 13.8. The molecule has 0 saturated carbocycles. The fourth-order valence-corrected chi connectivity index (χ4v) is 10.1. The van der Waals surface area contributed by atoms with Crippen LogP contribution in [0.5, 0.6) is 0 Å². The predicted molar refractivity (Wildman–Crippen MR) is 297 cm³/mol. The van der Waals surface area contributed by atoms with Gasteiger partial charge in [0.2, 0.25) is 0 Å². The number of aromatic nitrogens is 3. The average molecular weight is 1110 g/mol. The molecule has 0 radical (unpaired) electrons. The second-order valence-electron chi connectivity index (χ2n) is 18.4. The van der Waals surface area contributed by atoms with Gasteiger partial charge in [0, 0.05) is 18.6 Å². The smallest absolute Gasteiger partial charge is 0.305 e. The standard InChI is InChI=1S/C69H48N3.Ir/c1-3-13-52(14-4-1)53-33-35-57(36-34-53)68-62(37-40-65-63(68)38-39-64-60(41-44-72-69(64)65)54-15-5-2-6-16-54)61-18-8-7-17-59(61)58-46-50(23-21-48-25-29-55(30-26-48)66-19-9-11-42-70-66)45-51(47-58)24-22-49-27-31-56(32-28-49)67-20-10-12-43-71-67;/h1-20,25-29,31,33-39,41-47H,21-24H2;/q-3;+3. The Balaban J connectivity index is 0.00000574. The number of aryl methyl sites for hydroxylation is 4. The molecule has 9 aromatic carbocycles. The maximum atomic E-state index is 5.05. The number of benzene rings is 9. The van der Waals surface area contributed by atoms with E-state index in [1.807, 2.05) is 55.0 Å². The molecule has 3 aromatic heterocycles. The first kappa shape index (κ1) is 47.0. The van der Waals surface area contributed by atoms with Crippen molar-refractivity contribution in [3.05, 3.63) is 283 Å². The van der Waals surface area contributed by atoms with Gasteiger partial charge in [0.1, 0.15) is 0 Å². The first-order chi connectivity index (χ1) is 35.7. The fraction of sp³-hybridized carbons (Fsp3) is 0.0580. The molecule has 0 aliphatic heterocycles. The van der Waals surface area contributed by atoms with Crippen LogP contribution in [0.3, 0.4) is 0 Å². The van der Waals surface area contributed by atoms with Crippen molar-refractivity contribution in [2.45, 2.75) is 25.7 Å². The molecule has 0 saturated heterocycles. The molecular formula is C69H48IrN3. The van der Waals surface area contributed by atoms with E-state index < -0.39 is 0 Å². The van der Waals surface area contributed by atoms with Crippen molar-refractivity contribution in [3.63, 3.8) is 0 Å². The molecule has 3 nitrogen and oxygen atoms in total. The number of rotatable bonds is 13. The van der Waals surface area contributed by atoms with E-state index in [2.05, 4.69) is 216 Å². The summed E-state index contributed by atoms with van der Waals surface area (Å²) in [5.74, 6) is 0. The summed E-state index contributed by atoms with van der Waals surface area (Å²) in [5, 5.41) is 3.24. The number of hydrogen-bond acceptors (Lipinski definition) is 3. The van der Waals surface area contributed by atoms with E-state index >= 15 is 0 Å². The van der Waals surface area contributed by atoms with E-state index in [-0.39, 0.29) is 20.1 Å². The van der Waals surface area contributed by atoms with Gasteiger partial charge in [-0.25, -0.2) is 0 Å². The number of fused-ring (bicyclic) bond motifs is 3. The molecule has 0 amide bonds. The van der Waals surface area contributed by atoms with Gasteiger partial charge in [0.05, 0.1) is 0 Å². The Kier molecular flexibility index (Phi) is 13.8. The molecule has 0 unspecified atom stereocenters. The Hall–Kier alpha value is -8.40. The topological polar surface area (TPSA) is 38.7 Å². The van der Waals surface area contributed by atoms with Crippen molar-refractivity contribution in [1.82, 2.24) is 15.0 Å². The van der Waals surface area contributed by atoms with E-state index in [9.17, 15) is 0 Å². The van der Waals surface area contributed by atoms with Crippen molar-refractivity contribution < 1.29 is 20.1 Å². The van der Waals surface area contributed by atoms with Crippen molar-refractivity contribution in [2.75, 3.05) is 0 Å². The number of nitrogens with zero attached hydrogens (tertiary/aromatic N) is 3. The summed E-state index contributed by atoms with van der Waals surface area (Å²) in [5.41, 5.74) is 21.6. The van der Waals surface area contributed by atoms with Crippen molar-refractivity contribution in [2.24, 2.45) is 0 Å². The monoisotopic (exact) mass is 1110 g/mol. The van der Waals surface area contributed by atoms with Crippen LogP contribution in [0.4, 0.5) is 0 Å². The van der Waals surface area contributed by atoms with Gasteiger partial charge in [0.15, 0.2) is 0 Å². The SMILES string of the molecule is [Ir+3].[c-]1cc(CCc2cc(CCc3c[c-]c(-c4ccccn4)cc3)cc(-c3ccccc3-c3c[c-]c4c(ccc5c(-c6ccccc6)ccnc54)c3-c3ccc(-c4ccccc4)cc3)c2)ccc1-c1ccccn1. The largest absolute Gasteiger partial charge is 3.00 e. The molecule has 0 spiro atoms. The minimum absolute atomic E-state index is 0. The van der Waals surface area contributed by atoms with E-state index in [0.29, 0.717) is 0 Å². The van der Waals surface area contributed by atoms with Crippen LogP contribution in [-0.2, 0) is 45.8 Å². The van der Waals surface area contributed by atoms with Gasteiger partial charge >= 0.3 is 20.1 Å².